The van der Waals surface area contributed by atoms with Gasteiger partial charge in [0.15, 0.2) is 0 Å². The van der Waals surface area contributed by atoms with E-state index in [2.05, 4.69) is 15.6 Å². The van der Waals surface area contributed by atoms with Gasteiger partial charge in [0.25, 0.3) is 0 Å². The number of rotatable bonds is 7. The van der Waals surface area contributed by atoms with Crippen LogP contribution in [0.5, 0.6) is 0 Å². The largest absolute Gasteiger partial charge is 0.433 e. The van der Waals surface area contributed by atoms with Crippen molar-refractivity contribution < 1.29 is 40.7 Å². The zero-order valence-electron chi connectivity index (χ0n) is 21.8. The standard InChI is InChI=1S/C28H22ClF6N5O3/c29-17-8-4-9-19-23(17)39-26(43)18(14-40(19)21-11-5-10-20(38-21)28(33,34)35)37-25(42)16(12-13-27(30,31)32)22(24(36)41)15-6-2-1-3-7-15/h1-12,18,22H,13-14H2,(H2,36,41)(H,37,42)(H,39,43)/b16-12+/t18-,22-/m0/s1. The smallest absolute Gasteiger partial charge is 0.369 e. The highest BCUT2D eigenvalue weighted by atomic mass is 35.5. The summed E-state index contributed by atoms with van der Waals surface area (Å²) in [5, 5.41) is 4.83. The third-order valence-corrected chi connectivity index (χ3v) is 6.68. The number of pyridine rings is 1. The molecule has 15 heteroatoms. The van der Waals surface area contributed by atoms with Gasteiger partial charge in [-0.25, -0.2) is 4.98 Å². The number of para-hydroxylation sites is 1. The van der Waals surface area contributed by atoms with Crippen molar-refractivity contribution in [1.29, 1.82) is 0 Å². The van der Waals surface area contributed by atoms with Gasteiger partial charge in [-0.15, -0.1) is 0 Å². The minimum Gasteiger partial charge on any atom is -0.369 e. The summed E-state index contributed by atoms with van der Waals surface area (Å²) in [6, 6.07) is 13.2. The van der Waals surface area contributed by atoms with Crippen LogP contribution in [0.25, 0.3) is 0 Å². The van der Waals surface area contributed by atoms with Crippen LogP contribution < -0.4 is 21.3 Å². The van der Waals surface area contributed by atoms with Gasteiger partial charge in [-0.2, -0.15) is 26.3 Å². The lowest BCUT2D eigenvalue weighted by molar-refractivity contribution is -0.141. The number of carbonyl (C=O) groups is 3. The number of amides is 3. The molecule has 3 aromatic rings. The molecule has 0 unspecified atom stereocenters. The predicted octanol–water partition coefficient (Wildman–Crippen LogP) is 5.48. The Labute approximate surface area is 245 Å². The highest BCUT2D eigenvalue weighted by Crippen LogP contribution is 2.39. The van der Waals surface area contributed by atoms with Crippen molar-refractivity contribution in [2.45, 2.75) is 30.7 Å². The van der Waals surface area contributed by atoms with Crippen molar-refractivity contribution in [1.82, 2.24) is 10.3 Å². The third kappa shape index (κ3) is 7.44. The van der Waals surface area contributed by atoms with Crippen molar-refractivity contribution >= 4 is 46.5 Å². The van der Waals surface area contributed by atoms with E-state index in [9.17, 15) is 40.7 Å². The fraction of sp³-hybridized carbons (Fsp3) is 0.214. The number of allylic oxidation sites excluding steroid dienone is 1. The molecule has 226 valence electrons. The number of carbonyl (C=O) groups excluding carboxylic acids is 3. The minimum atomic E-state index is -4.81. The molecular weight excluding hydrogens is 604 g/mol. The lowest BCUT2D eigenvalue weighted by atomic mass is 9.88. The van der Waals surface area contributed by atoms with Crippen LogP contribution in [-0.4, -0.2) is 41.5 Å². The first-order valence-electron chi connectivity index (χ1n) is 12.5. The first-order chi connectivity index (χ1) is 20.2. The van der Waals surface area contributed by atoms with Crippen molar-refractivity contribution in [2.24, 2.45) is 5.73 Å². The molecule has 0 aliphatic carbocycles. The van der Waals surface area contributed by atoms with Crippen LogP contribution in [0.1, 0.15) is 23.6 Å². The summed E-state index contributed by atoms with van der Waals surface area (Å²) in [6.45, 7) is -0.516. The summed E-state index contributed by atoms with van der Waals surface area (Å²) < 4.78 is 80.0. The summed E-state index contributed by atoms with van der Waals surface area (Å²) in [5.41, 5.74) is 3.86. The summed E-state index contributed by atoms with van der Waals surface area (Å²) in [6.07, 6.45) is -10.6. The van der Waals surface area contributed by atoms with Crippen molar-refractivity contribution in [3.63, 3.8) is 0 Å². The van der Waals surface area contributed by atoms with Gasteiger partial charge in [0.2, 0.25) is 17.7 Å². The van der Waals surface area contributed by atoms with Crippen LogP contribution in [0.3, 0.4) is 0 Å². The first kappa shape index (κ1) is 31.3. The fourth-order valence-electron chi connectivity index (χ4n) is 4.45. The molecule has 4 N–H and O–H groups in total. The second-order valence-electron chi connectivity index (χ2n) is 9.36. The molecule has 0 spiro atoms. The number of halogens is 7. The van der Waals surface area contributed by atoms with Crippen LogP contribution in [0.2, 0.25) is 5.02 Å². The Morgan fingerprint density at radius 1 is 1.05 bits per heavy atom. The van der Waals surface area contributed by atoms with Crippen LogP contribution in [-0.2, 0) is 20.6 Å². The Morgan fingerprint density at radius 3 is 2.35 bits per heavy atom. The third-order valence-electron chi connectivity index (χ3n) is 6.36. The van der Waals surface area contributed by atoms with Crippen molar-refractivity contribution in [2.75, 3.05) is 16.8 Å². The first-order valence-corrected chi connectivity index (χ1v) is 12.9. The number of fused-ring (bicyclic) bond motifs is 1. The van der Waals surface area contributed by atoms with E-state index < -0.39 is 66.3 Å². The summed E-state index contributed by atoms with van der Waals surface area (Å²) >= 11 is 6.27. The normalized spacial score (nSPS) is 16.5. The van der Waals surface area contributed by atoms with E-state index in [-0.39, 0.29) is 27.8 Å². The molecular formula is C28H22ClF6N5O3. The molecule has 2 heterocycles. The summed E-state index contributed by atoms with van der Waals surface area (Å²) in [5.74, 6) is -5.13. The molecule has 0 radical (unpaired) electrons. The Morgan fingerprint density at radius 2 is 1.72 bits per heavy atom. The summed E-state index contributed by atoms with van der Waals surface area (Å²) in [4.78, 5) is 44.1. The van der Waals surface area contributed by atoms with Crippen LogP contribution >= 0.6 is 11.6 Å². The quantitative estimate of drug-likeness (QED) is 0.238. The maximum Gasteiger partial charge on any atom is 0.433 e. The lowest BCUT2D eigenvalue weighted by Crippen LogP contribution is -2.49. The molecule has 1 aliphatic rings. The molecule has 2 aromatic carbocycles. The number of primary amides is 1. The number of nitrogens with zero attached hydrogens (tertiary/aromatic N) is 2. The van der Waals surface area contributed by atoms with E-state index in [1.807, 2.05) is 0 Å². The Bertz CT molecular complexity index is 1560. The van der Waals surface area contributed by atoms with Gasteiger partial charge >= 0.3 is 12.4 Å². The monoisotopic (exact) mass is 625 g/mol. The van der Waals surface area contributed by atoms with E-state index in [4.69, 9.17) is 17.3 Å². The highest BCUT2D eigenvalue weighted by Gasteiger charge is 2.37. The average Bonchev–Trinajstić information content (AvgIpc) is 3.07. The van der Waals surface area contributed by atoms with Crippen molar-refractivity contribution in [3.05, 3.63) is 94.7 Å². The lowest BCUT2D eigenvalue weighted by Gasteiger charge is -2.27. The van der Waals surface area contributed by atoms with Gasteiger partial charge in [-0.05, 0) is 29.8 Å². The molecule has 43 heavy (non-hydrogen) atoms. The molecule has 1 aliphatic heterocycles. The second-order valence-corrected chi connectivity index (χ2v) is 9.77. The molecule has 3 amide bonds. The van der Waals surface area contributed by atoms with Gasteiger partial charge in [0, 0.05) is 5.57 Å². The number of anilines is 3. The van der Waals surface area contributed by atoms with E-state index in [0.717, 1.165) is 12.1 Å². The maximum atomic E-state index is 13.5. The van der Waals surface area contributed by atoms with Gasteiger partial charge in [0.05, 0.1) is 35.3 Å². The average molecular weight is 626 g/mol. The van der Waals surface area contributed by atoms with E-state index in [0.29, 0.717) is 6.08 Å². The number of nitrogens with two attached hydrogens (primary N) is 1. The molecule has 0 saturated carbocycles. The predicted molar refractivity (Wildman–Crippen MR) is 145 cm³/mol. The van der Waals surface area contributed by atoms with Gasteiger partial charge < -0.3 is 21.3 Å². The number of alkyl halides is 6. The SMILES string of the molecule is NC(=O)[C@H](/C(=C\CC(F)(F)F)C(=O)N[C@H]1CN(c2cccc(C(F)(F)F)n2)c2cccc(Cl)c2NC1=O)c1ccccc1. The zero-order valence-corrected chi connectivity index (χ0v) is 22.6. The summed E-state index contributed by atoms with van der Waals surface area (Å²) in [7, 11) is 0. The van der Waals surface area contributed by atoms with E-state index >= 15 is 0 Å². The van der Waals surface area contributed by atoms with Gasteiger partial charge in [0.1, 0.15) is 17.6 Å². The Hall–Kier alpha value is -4.59. The minimum absolute atomic E-state index is 0.00253. The Balaban J connectivity index is 1.76. The van der Waals surface area contributed by atoms with Crippen LogP contribution in [0.15, 0.2) is 78.4 Å². The van der Waals surface area contributed by atoms with Gasteiger partial charge in [-0.3, -0.25) is 14.4 Å². The highest BCUT2D eigenvalue weighted by molar-refractivity contribution is 6.34. The molecule has 0 bridgehead atoms. The number of hydrogen-bond donors (Lipinski definition) is 3. The zero-order chi connectivity index (χ0) is 31.5. The maximum absolute atomic E-state index is 13.5. The van der Waals surface area contributed by atoms with E-state index in [1.54, 1.807) is 6.07 Å². The molecule has 4 rings (SSSR count). The number of aromatic nitrogens is 1. The number of nitrogens with one attached hydrogen (secondary N) is 2. The molecule has 0 saturated heterocycles. The number of hydrogen-bond acceptors (Lipinski definition) is 5. The fourth-order valence-corrected chi connectivity index (χ4v) is 4.66. The topological polar surface area (TPSA) is 117 Å². The molecule has 8 nitrogen and oxygen atoms in total. The number of benzene rings is 2. The van der Waals surface area contributed by atoms with E-state index in [1.165, 1.54) is 53.4 Å². The second kappa shape index (κ2) is 12.3. The van der Waals surface area contributed by atoms with Crippen LogP contribution in [0.4, 0.5) is 43.5 Å². The Kier molecular flexibility index (Phi) is 8.99. The van der Waals surface area contributed by atoms with Crippen LogP contribution in [0, 0.1) is 0 Å². The molecule has 1 aromatic heterocycles. The molecule has 2 atom stereocenters. The van der Waals surface area contributed by atoms with Gasteiger partial charge in [-0.1, -0.05) is 60.1 Å². The molecule has 0 fully saturated rings. The van der Waals surface area contributed by atoms with Crippen molar-refractivity contribution in [3.8, 4) is 0 Å².